The number of epoxide rings is 1. The lowest BCUT2D eigenvalue weighted by Crippen LogP contribution is -2.60. The van der Waals surface area contributed by atoms with Gasteiger partial charge in [0.05, 0.1) is 6.10 Å². The Bertz CT molecular complexity index is 760. The van der Waals surface area contributed by atoms with Gasteiger partial charge >= 0.3 is 5.97 Å². The van der Waals surface area contributed by atoms with Crippen LogP contribution in [-0.2, 0) is 23.9 Å². The summed E-state index contributed by atoms with van der Waals surface area (Å²) in [5, 5.41) is 0. The van der Waals surface area contributed by atoms with Crippen LogP contribution in [0.5, 0.6) is 0 Å². The number of rotatable bonds is 2. The third-order valence-electron chi connectivity index (χ3n) is 9.59. The van der Waals surface area contributed by atoms with Gasteiger partial charge in [-0.3, -0.25) is 14.4 Å². The molecule has 1 aliphatic heterocycles. The van der Waals surface area contributed by atoms with E-state index in [0.717, 1.165) is 38.5 Å². The van der Waals surface area contributed by atoms with Crippen molar-refractivity contribution < 1.29 is 23.9 Å². The molecule has 5 aliphatic rings. The van der Waals surface area contributed by atoms with Crippen LogP contribution in [0.25, 0.3) is 0 Å². The highest BCUT2D eigenvalue weighted by Gasteiger charge is 2.80. The van der Waals surface area contributed by atoms with Gasteiger partial charge in [-0.2, -0.15) is 0 Å². The van der Waals surface area contributed by atoms with E-state index in [1.54, 1.807) is 6.92 Å². The van der Waals surface area contributed by atoms with E-state index in [1.807, 2.05) is 0 Å². The van der Waals surface area contributed by atoms with E-state index >= 15 is 0 Å². The molecule has 1 heterocycles. The van der Waals surface area contributed by atoms with Gasteiger partial charge in [0.2, 0.25) is 0 Å². The van der Waals surface area contributed by atoms with Crippen LogP contribution in [0.15, 0.2) is 0 Å². The Morgan fingerprint density at radius 3 is 2.54 bits per heavy atom. The molecular weight excluding hydrogens is 356 g/mol. The lowest BCUT2D eigenvalue weighted by Gasteiger charge is -2.60. The minimum atomic E-state index is -0.691. The molecule has 0 aromatic rings. The predicted molar refractivity (Wildman–Crippen MR) is 101 cm³/mol. The van der Waals surface area contributed by atoms with Crippen molar-refractivity contribution in [3.05, 3.63) is 0 Å². The van der Waals surface area contributed by atoms with E-state index in [2.05, 4.69) is 13.8 Å². The summed E-state index contributed by atoms with van der Waals surface area (Å²) in [6, 6.07) is 0. The molecule has 0 amide bonds. The first-order chi connectivity index (χ1) is 13.1. The number of hydrogen-bond acceptors (Lipinski definition) is 5. The standard InChI is InChI=1S/C23H32O5/c1-12(24)23-19(28-23)10-17-16-6-5-14-9-15(27-13(2)25)7-8-21(14,3)20(16)18(26)11-22(17,23)4/h14-17,19-20H,5-11H2,1-4H3/t14-,15-,16-,17-,19-,20+,21-,22-,23+/m0/s1. The summed E-state index contributed by atoms with van der Waals surface area (Å²) in [7, 11) is 0. The topological polar surface area (TPSA) is 73.0 Å². The summed E-state index contributed by atoms with van der Waals surface area (Å²) in [4.78, 5) is 37.4. The number of carbonyl (C=O) groups excluding carboxylic acids is 3. The Balaban J connectivity index is 1.44. The smallest absolute Gasteiger partial charge is 0.302 e. The predicted octanol–water partition coefficient (Wildman–Crippen LogP) is 3.48. The van der Waals surface area contributed by atoms with Crippen molar-refractivity contribution in [1.82, 2.24) is 0 Å². The van der Waals surface area contributed by atoms with Gasteiger partial charge < -0.3 is 9.47 Å². The summed E-state index contributed by atoms with van der Waals surface area (Å²) in [5.74, 6) is 1.55. The molecule has 0 radical (unpaired) electrons. The SMILES string of the molecule is CC(=O)O[C@H]1CC[C@@]2(C)[C@@H](CC[C@@H]3[C@@H]2C(=O)C[C@@]2(C)[C@H]3C[C@@H]3O[C@]32C(C)=O)C1. The Morgan fingerprint density at radius 1 is 1.11 bits per heavy atom. The summed E-state index contributed by atoms with van der Waals surface area (Å²) in [6.45, 7) is 7.57. The lowest BCUT2D eigenvalue weighted by molar-refractivity contribution is -0.174. The van der Waals surface area contributed by atoms with E-state index in [4.69, 9.17) is 9.47 Å². The highest BCUT2D eigenvalue weighted by atomic mass is 16.6. The second kappa shape index (κ2) is 5.68. The maximum absolute atomic E-state index is 13.6. The van der Waals surface area contributed by atoms with Crippen LogP contribution in [-0.4, -0.2) is 35.3 Å². The van der Waals surface area contributed by atoms with E-state index in [0.29, 0.717) is 30.0 Å². The van der Waals surface area contributed by atoms with E-state index < -0.39 is 5.60 Å². The molecule has 9 atom stereocenters. The monoisotopic (exact) mass is 388 g/mol. The first kappa shape index (κ1) is 18.8. The molecule has 28 heavy (non-hydrogen) atoms. The van der Waals surface area contributed by atoms with Gasteiger partial charge in [0, 0.05) is 24.7 Å². The van der Waals surface area contributed by atoms with Gasteiger partial charge in [0.25, 0.3) is 0 Å². The van der Waals surface area contributed by atoms with Crippen molar-refractivity contribution >= 4 is 17.5 Å². The maximum Gasteiger partial charge on any atom is 0.302 e. The summed E-state index contributed by atoms with van der Waals surface area (Å²) in [5.41, 5.74) is -1.03. The first-order valence-electron chi connectivity index (χ1n) is 11.0. The average Bonchev–Trinajstić information content (AvgIpc) is 3.28. The fourth-order valence-electron chi connectivity index (χ4n) is 8.44. The quantitative estimate of drug-likeness (QED) is 0.535. The van der Waals surface area contributed by atoms with Gasteiger partial charge in [-0.25, -0.2) is 0 Å². The molecule has 5 heteroatoms. The molecule has 5 fully saturated rings. The summed E-state index contributed by atoms with van der Waals surface area (Å²) in [6.07, 6.45) is 6.26. The molecule has 154 valence electrons. The fraction of sp³-hybridized carbons (Fsp3) is 0.870. The maximum atomic E-state index is 13.6. The highest BCUT2D eigenvalue weighted by molar-refractivity contribution is 5.93. The van der Waals surface area contributed by atoms with Crippen LogP contribution in [0.4, 0.5) is 0 Å². The molecule has 4 aliphatic carbocycles. The fourth-order valence-corrected chi connectivity index (χ4v) is 8.44. The Morgan fingerprint density at radius 2 is 1.86 bits per heavy atom. The van der Waals surface area contributed by atoms with Crippen molar-refractivity contribution in [3.63, 3.8) is 0 Å². The van der Waals surface area contributed by atoms with Crippen LogP contribution in [0.2, 0.25) is 0 Å². The van der Waals surface area contributed by atoms with Crippen LogP contribution in [0.1, 0.15) is 72.6 Å². The summed E-state index contributed by atoms with van der Waals surface area (Å²) < 4.78 is 11.4. The Labute approximate surface area is 166 Å². The van der Waals surface area contributed by atoms with E-state index in [9.17, 15) is 14.4 Å². The number of Topliss-reactive ketones (excluding diaryl/α,β-unsaturated/α-hetero) is 2. The minimum Gasteiger partial charge on any atom is -0.463 e. The van der Waals surface area contributed by atoms with Crippen molar-refractivity contribution in [1.29, 1.82) is 0 Å². The minimum absolute atomic E-state index is 0.00425. The number of ketones is 2. The number of ether oxygens (including phenoxy) is 2. The molecule has 0 aromatic heterocycles. The van der Waals surface area contributed by atoms with Crippen LogP contribution in [0, 0.1) is 34.5 Å². The van der Waals surface area contributed by atoms with Crippen molar-refractivity contribution in [3.8, 4) is 0 Å². The van der Waals surface area contributed by atoms with Gasteiger partial charge in [0.15, 0.2) is 11.4 Å². The third-order valence-corrected chi connectivity index (χ3v) is 9.59. The molecule has 0 spiro atoms. The molecule has 5 rings (SSSR count). The van der Waals surface area contributed by atoms with Gasteiger partial charge in [-0.1, -0.05) is 13.8 Å². The van der Waals surface area contributed by atoms with Gasteiger partial charge in [-0.05, 0) is 68.6 Å². The van der Waals surface area contributed by atoms with Crippen molar-refractivity contribution in [2.24, 2.45) is 34.5 Å². The molecule has 1 saturated heterocycles. The van der Waals surface area contributed by atoms with Gasteiger partial charge in [0.1, 0.15) is 11.9 Å². The summed E-state index contributed by atoms with van der Waals surface area (Å²) >= 11 is 0. The normalized spacial score (nSPS) is 54.1. The average molecular weight is 389 g/mol. The molecule has 0 aromatic carbocycles. The molecule has 0 N–H and O–H groups in total. The highest BCUT2D eigenvalue weighted by Crippen LogP contribution is 2.73. The molecule has 5 nitrogen and oxygen atoms in total. The van der Waals surface area contributed by atoms with E-state index in [1.165, 1.54) is 6.92 Å². The molecular formula is C23H32O5. The lowest BCUT2D eigenvalue weighted by atomic mass is 9.44. The third kappa shape index (κ3) is 2.15. The number of carbonyl (C=O) groups is 3. The van der Waals surface area contributed by atoms with Crippen LogP contribution >= 0.6 is 0 Å². The zero-order valence-corrected chi connectivity index (χ0v) is 17.5. The van der Waals surface area contributed by atoms with Crippen molar-refractivity contribution in [2.75, 3.05) is 0 Å². The molecule has 0 unspecified atom stereocenters. The number of hydrogen-bond donors (Lipinski definition) is 0. The van der Waals surface area contributed by atoms with Crippen molar-refractivity contribution in [2.45, 2.75) is 90.4 Å². The first-order valence-corrected chi connectivity index (χ1v) is 11.0. The zero-order chi connectivity index (χ0) is 20.1. The zero-order valence-electron chi connectivity index (χ0n) is 17.5. The molecule has 0 bridgehead atoms. The molecule has 4 saturated carbocycles. The van der Waals surface area contributed by atoms with Crippen LogP contribution in [0.3, 0.4) is 0 Å². The second-order valence-electron chi connectivity index (χ2n) is 10.7. The Kier molecular flexibility index (Phi) is 3.81. The number of fused-ring (bicyclic) bond motifs is 7. The number of esters is 1. The van der Waals surface area contributed by atoms with Crippen LogP contribution < -0.4 is 0 Å². The largest absolute Gasteiger partial charge is 0.463 e. The second-order valence-corrected chi connectivity index (χ2v) is 10.7. The van der Waals surface area contributed by atoms with Gasteiger partial charge in [-0.15, -0.1) is 0 Å². The van der Waals surface area contributed by atoms with E-state index in [-0.39, 0.29) is 40.7 Å². The Hall–Kier alpha value is -1.23.